The van der Waals surface area contributed by atoms with Crippen molar-refractivity contribution in [3.05, 3.63) is 68.8 Å². The van der Waals surface area contributed by atoms with Gasteiger partial charge < -0.3 is 9.47 Å². The average molecular weight is 403 g/mol. The molecule has 0 atom stereocenters. The smallest absolute Gasteiger partial charge is 0.339 e. The average Bonchev–Trinajstić information content (AvgIpc) is 2.61. The largest absolute Gasteiger partial charge is 0.465 e. The number of pyridine rings is 1. The summed E-state index contributed by atoms with van der Waals surface area (Å²) >= 11 is 3.40. The van der Waals surface area contributed by atoms with Crippen molar-refractivity contribution in [3.8, 4) is 11.6 Å². The van der Waals surface area contributed by atoms with Crippen LogP contribution in [0.1, 0.15) is 10.4 Å². The summed E-state index contributed by atoms with van der Waals surface area (Å²) in [7, 11) is 1.19. The van der Waals surface area contributed by atoms with Gasteiger partial charge >= 0.3 is 11.7 Å². The lowest BCUT2D eigenvalue weighted by atomic mass is 10.1. The lowest BCUT2D eigenvalue weighted by molar-refractivity contribution is -0.386. The number of methoxy groups -OCH3 is 1. The zero-order chi connectivity index (χ0) is 18.0. The highest BCUT2D eigenvalue weighted by molar-refractivity contribution is 9.10. The Morgan fingerprint density at radius 2 is 1.88 bits per heavy atom. The number of halogens is 1. The minimum Gasteiger partial charge on any atom is -0.465 e. The topological polar surface area (TPSA) is 91.6 Å². The molecule has 8 heteroatoms. The number of benzene rings is 2. The Bertz CT molecular complexity index is 990. The SMILES string of the molecule is COC(=O)c1cnc(Oc2ccc3cc(Br)ccc3c2)c([N+](=O)[O-])c1. The summed E-state index contributed by atoms with van der Waals surface area (Å²) in [5, 5.41) is 13.2. The third-order valence-electron chi connectivity index (χ3n) is 3.44. The summed E-state index contributed by atoms with van der Waals surface area (Å²) in [6.07, 6.45) is 1.17. The quantitative estimate of drug-likeness (QED) is 0.362. The zero-order valence-electron chi connectivity index (χ0n) is 12.9. The van der Waals surface area contributed by atoms with Crippen molar-refractivity contribution in [2.24, 2.45) is 0 Å². The van der Waals surface area contributed by atoms with E-state index in [1.54, 1.807) is 12.1 Å². The van der Waals surface area contributed by atoms with Crippen LogP contribution >= 0.6 is 15.9 Å². The number of aromatic nitrogens is 1. The fourth-order valence-electron chi connectivity index (χ4n) is 2.25. The molecule has 1 aromatic heterocycles. The third kappa shape index (κ3) is 3.58. The number of hydrogen-bond acceptors (Lipinski definition) is 6. The number of rotatable bonds is 4. The Labute approximate surface area is 150 Å². The number of hydrogen-bond donors (Lipinski definition) is 0. The minimum absolute atomic E-state index is 0.0232. The summed E-state index contributed by atoms with van der Waals surface area (Å²) in [6, 6.07) is 12.1. The number of ether oxygens (including phenoxy) is 2. The molecule has 2 aromatic carbocycles. The Hall–Kier alpha value is -3.00. The van der Waals surface area contributed by atoms with Crippen LogP contribution in [0, 0.1) is 10.1 Å². The number of esters is 1. The molecule has 7 nitrogen and oxygen atoms in total. The van der Waals surface area contributed by atoms with E-state index in [1.807, 2.05) is 24.3 Å². The molecule has 0 unspecified atom stereocenters. The van der Waals surface area contributed by atoms with E-state index in [0.717, 1.165) is 21.3 Å². The van der Waals surface area contributed by atoms with Gasteiger partial charge in [0, 0.05) is 16.7 Å². The molecule has 0 amide bonds. The van der Waals surface area contributed by atoms with Crippen molar-refractivity contribution in [1.82, 2.24) is 4.98 Å². The van der Waals surface area contributed by atoms with Gasteiger partial charge in [-0.1, -0.05) is 28.1 Å². The number of carbonyl (C=O) groups excluding carboxylic acids is 1. The zero-order valence-corrected chi connectivity index (χ0v) is 14.5. The van der Waals surface area contributed by atoms with Gasteiger partial charge in [-0.3, -0.25) is 10.1 Å². The normalized spacial score (nSPS) is 10.5. The molecule has 0 fully saturated rings. The van der Waals surface area contributed by atoms with Crippen LogP contribution in [0.15, 0.2) is 53.1 Å². The van der Waals surface area contributed by atoms with Gasteiger partial charge in [-0.15, -0.1) is 0 Å². The van der Waals surface area contributed by atoms with E-state index in [2.05, 4.69) is 25.7 Å². The Balaban J connectivity index is 1.98. The van der Waals surface area contributed by atoms with Crippen LogP contribution in [0.4, 0.5) is 5.69 Å². The number of nitro groups is 1. The maximum atomic E-state index is 11.5. The molecule has 3 aromatic rings. The van der Waals surface area contributed by atoms with Gasteiger partial charge in [-0.25, -0.2) is 9.78 Å². The van der Waals surface area contributed by atoms with E-state index in [0.29, 0.717) is 5.75 Å². The van der Waals surface area contributed by atoms with Crippen LogP contribution in [0.5, 0.6) is 11.6 Å². The molecule has 0 saturated heterocycles. The van der Waals surface area contributed by atoms with E-state index in [1.165, 1.54) is 13.3 Å². The highest BCUT2D eigenvalue weighted by Crippen LogP contribution is 2.32. The van der Waals surface area contributed by atoms with Crippen molar-refractivity contribution in [3.63, 3.8) is 0 Å². The molecule has 0 bridgehead atoms. The van der Waals surface area contributed by atoms with Gasteiger partial charge in [0.15, 0.2) is 0 Å². The molecule has 0 N–H and O–H groups in total. The van der Waals surface area contributed by atoms with Crippen molar-refractivity contribution < 1.29 is 19.2 Å². The van der Waals surface area contributed by atoms with Crippen LogP contribution in [-0.2, 0) is 4.74 Å². The van der Waals surface area contributed by atoms with E-state index < -0.39 is 16.6 Å². The predicted octanol–water partition coefficient (Wildman–Crippen LogP) is 4.48. The Morgan fingerprint density at radius 1 is 1.16 bits per heavy atom. The molecule has 0 aliphatic rings. The highest BCUT2D eigenvalue weighted by atomic mass is 79.9. The van der Waals surface area contributed by atoms with E-state index in [9.17, 15) is 14.9 Å². The molecule has 0 saturated carbocycles. The molecule has 0 spiro atoms. The summed E-state index contributed by atoms with van der Waals surface area (Å²) in [5.41, 5.74) is -0.441. The summed E-state index contributed by atoms with van der Waals surface area (Å²) in [4.78, 5) is 26.0. The molecule has 25 heavy (non-hydrogen) atoms. The van der Waals surface area contributed by atoms with Crippen molar-refractivity contribution in [1.29, 1.82) is 0 Å². The predicted molar refractivity (Wildman–Crippen MR) is 94.0 cm³/mol. The number of carbonyl (C=O) groups is 1. The number of fused-ring (bicyclic) bond motifs is 1. The molecule has 0 aliphatic carbocycles. The van der Waals surface area contributed by atoms with Gasteiger partial charge in [0.1, 0.15) is 5.75 Å². The van der Waals surface area contributed by atoms with Gasteiger partial charge in [0.05, 0.1) is 17.6 Å². The Kier molecular flexibility index (Phi) is 4.62. The molecule has 3 rings (SSSR count). The second-order valence-corrected chi connectivity index (χ2v) is 5.97. The summed E-state index contributed by atoms with van der Waals surface area (Å²) < 4.78 is 11.1. The van der Waals surface area contributed by atoms with Crippen LogP contribution in [0.2, 0.25) is 0 Å². The van der Waals surface area contributed by atoms with Crippen LogP contribution in [0.25, 0.3) is 10.8 Å². The second-order valence-electron chi connectivity index (χ2n) is 5.05. The first-order valence-electron chi connectivity index (χ1n) is 7.08. The van der Waals surface area contributed by atoms with Crippen molar-refractivity contribution >= 4 is 38.4 Å². The van der Waals surface area contributed by atoms with Gasteiger partial charge in [0.25, 0.3) is 5.88 Å². The molecule has 0 aliphatic heterocycles. The second kappa shape index (κ2) is 6.86. The third-order valence-corrected chi connectivity index (χ3v) is 3.93. The van der Waals surface area contributed by atoms with E-state index in [4.69, 9.17) is 4.74 Å². The molecule has 0 radical (unpaired) electrons. The molecular formula is C17H11BrN2O5. The fourth-order valence-corrected chi connectivity index (χ4v) is 2.63. The minimum atomic E-state index is -0.710. The monoisotopic (exact) mass is 402 g/mol. The summed E-state index contributed by atoms with van der Waals surface area (Å²) in [5.74, 6) is -0.510. The first kappa shape index (κ1) is 16.8. The lowest BCUT2D eigenvalue weighted by Gasteiger charge is -2.07. The Morgan fingerprint density at radius 3 is 2.60 bits per heavy atom. The maximum absolute atomic E-state index is 11.5. The standard InChI is InChI=1S/C17H11BrN2O5/c1-24-17(21)12-8-15(20(22)23)16(19-9-12)25-14-5-3-10-6-13(18)4-2-11(10)7-14/h2-9H,1H3. The molecule has 1 heterocycles. The van der Waals surface area contributed by atoms with E-state index >= 15 is 0 Å². The first-order valence-corrected chi connectivity index (χ1v) is 7.87. The van der Waals surface area contributed by atoms with Crippen molar-refractivity contribution in [2.75, 3.05) is 7.11 Å². The van der Waals surface area contributed by atoms with Gasteiger partial charge in [-0.2, -0.15) is 0 Å². The molecule has 126 valence electrons. The van der Waals surface area contributed by atoms with Crippen LogP contribution in [-0.4, -0.2) is 23.0 Å². The van der Waals surface area contributed by atoms with Gasteiger partial charge in [0.2, 0.25) is 0 Å². The fraction of sp³-hybridized carbons (Fsp3) is 0.0588. The maximum Gasteiger partial charge on any atom is 0.339 e. The molecular weight excluding hydrogens is 392 g/mol. The van der Waals surface area contributed by atoms with Crippen LogP contribution in [0.3, 0.4) is 0 Å². The van der Waals surface area contributed by atoms with Crippen LogP contribution < -0.4 is 4.74 Å². The van der Waals surface area contributed by atoms with Gasteiger partial charge in [-0.05, 0) is 35.0 Å². The van der Waals surface area contributed by atoms with Crippen molar-refractivity contribution in [2.45, 2.75) is 0 Å². The first-order chi connectivity index (χ1) is 12.0. The highest BCUT2D eigenvalue weighted by Gasteiger charge is 2.21. The number of nitrogens with zero attached hydrogens (tertiary/aromatic N) is 2. The van der Waals surface area contributed by atoms with E-state index in [-0.39, 0.29) is 11.4 Å². The summed E-state index contributed by atoms with van der Waals surface area (Å²) in [6.45, 7) is 0. The lowest BCUT2D eigenvalue weighted by Crippen LogP contribution is -2.04.